The largest absolute Gasteiger partial charge is 0.368 e. The summed E-state index contributed by atoms with van der Waals surface area (Å²) in [6, 6.07) is 0.0142. The molecule has 3 N–H and O–H groups in total. The molecule has 1 heterocycles. The molecule has 5 heteroatoms. The van der Waals surface area contributed by atoms with Crippen LogP contribution in [0.1, 0.15) is 53.4 Å². The topological polar surface area (TPSA) is 75.4 Å². The number of unbranched alkanes of at least 4 members (excludes halogenated alkanes) is 1. The van der Waals surface area contributed by atoms with E-state index in [0.717, 1.165) is 38.8 Å². The van der Waals surface area contributed by atoms with E-state index < -0.39 is 0 Å². The molecule has 1 aliphatic rings. The Morgan fingerprint density at radius 3 is 2.52 bits per heavy atom. The number of piperidine rings is 1. The van der Waals surface area contributed by atoms with Crippen molar-refractivity contribution in [3.8, 4) is 0 Å². The standard InChI is InChI=1S/C16H31N3O2/c1-5-6-7-14(15(17)20)18-13-8-9-19(10-12(13)4)16(21)11(2)3/h11-14,18H,5-10H2,1-4H3,(H2,17,20)/t12-,13+,14-/m0/s1. The fraction of sp³-hybridized carbons (Fsp3) is 0.875. The number of rotatable bonds is 7. The summed E-state index contributed by atoms with van der Waals surface area (Å²) in [6.45, 7) is 9.63. The zero-order valence-electron chi connectivity index (χ0n) is 13.9. The zero-order chi connectivity index (χ0) is 16.0. The van der Waals surface area contributed by atoms with E-state index in [1.165, 1.54) is 0 Å². The van der Waals surface area contributed by atoms with E-state index in [-0.39, 0.29) is 29.8 Å². The highest BCUT2D eigenvalue weighted by Gasteiger charge is 2.31. The first-order chi connectivity index (χ1) is 9.86. The molecule has 5 nitrogen and oxygen atoms in total. The Kier molecular flexibility index (Phi) is 7.15. The molecule has 1 saturated heterocycles. The number of likely N-dealkylation sites (tertiary alicyclic amines) is 1. The molecule has 0 aromatic heterocycles. The van der Waals surface area contributed by atoms with Crippen LogP contribution in [0, 0.1) is 11.8 Å². The van der Waals surface area contributed by atoms with Crippen LogP contribution in [0.2, 0.25) is 0 Å². The molecule has 2 amide bonds. The van der Waals surface area contributed by atoms with E-state index in [1.54, 1.807) is 0 Å². The van der Waals surface area contributed by atoms with Gasteiger partial charge in [-0.15, -0.1) is 0 Å². The normalized spacial score (nSPS) is 24.1. The molecule has 1 fully saturated rings. The van der Waals surface area contributed by atoms with Gasteiger partial charge in [-0.05, 0) is 18.8 Å². The zero-order valence-corrected chi connectivity index (χ0v) is 13.9. The first kappa shape index (κ1) is 18.0. The van der Waals surface area contributed by atoms with Gasteiger partial charge in [0, 0.05) is 25.0 Å². The van der Waals surface area contributed by atoms with Crippen molar-refractivity contribution >= 4 is 11.8 Å². The smallest absolute Gasteiger partial charge is 0.234 e. The second kappa shape index (κ2) is 8.37. The molecule has 1 aliphatic heterocycles. The third-order valence-corrected chi connectivity index (χ3v) is 4.32. The second-order valence-corrected chi connectivity index (χ2v) is 6.58. The van der Waals surface area contributed by atoms with Gasteiger partial charge < -0.3 is 16.0 Å². The summed E-state index contributed by atoms with van der Waals surface area (Å²) in [5, 5.41) is 3.42. The maximum absolute atomic E-state index is 12.1. The molecule has 0 unspecified atom stereocenters. The Bertz CT molecular complexity index is 357. The Hall–Kier alpha value is -1.10. The third kappa shape index (κ3) is 5.30. The summed E-state index contributed by atoms with van der Waals surface area (Å²) in [7, 11) is 0. The van der Waals surface area contributed by atoms with Crippen LogP contribution in [0.3, 0.4) is 0 Å². The molecule has 0 aromatic carbocycles. The highest BCUT2D eigenvalue weighted by atomic mass is 16.2. The number of primary amides is 1. The maximum atomic E-state index is 12.1. The maximum Gasteiger partial charge on any atom is 0.234 e. The predicted octanol–water partition coefficient (Wildman–Crippen LogP) is 1.51. The van der Waals surface area contributed by atoms with E-state index in [4.69, 9.17) is 5.73 Å². The molecule has 122 valence electrons. The molecule has 3 atom stereocenters. The molecule has 0 aliphatic carbocycles. The number of hydrogen-bond donors (Lipinski definition) is 2. The van der Waals surface area contributed by atoms with Crippen LogP contribution in [0.5, 0.6) is 0 Å². The van der Waals surface area contributed by atoms with Crippen molar-refractivity contribution in [3.05, 3.63) is 0 Å². The molecular formula is C16H31N3O2. The van der Waals surface area contributed by atoms with Crippen LogP contribution in [-0.4, -0.2) is 41.9 Å². The van der Waals surface area contributed by atoms with Crippen molar-refractivity contribution in [1.29, 1.82) is 0 Å². The van der Waals surface area contributed by atoms with Gasteiger partial charge in [0.15, 0.2) is 0 Å². The van der Waals surface area contributed by atoms with Crippen molar-refractivity contribution in [2.75, 3.05) is 13.1 Å². The van der Waals surface area contributed by atoms with Gasteiger partial charge in [-0.2, -0.15) is 0 Å². The molecule has 0 spiro atoms. The lowest BCUT2D eigenvalue weighted by Crippen LogP contribution is -2.55. The molecule has 0 aromatic rings. The van der Waals surface area contributed by atoms with Crippen LogP contribution in [0.25, 0.3) is 0 Å². The Labute approximate surface area is 128 Å². The van der Waals surface area contributed by atoms with Crippen molar-refractivity contribution in [2.24, 2.45) is 17.6 Å². The predicted molar refractivity (Wildman–Crippen MR) is 84.6 cm³/mol. The number of carbonyl (C=O) groups excluding carboxylic acids is 2. The van der Waals surface area contributed by atoms with Gasteiger partial charge in [0.2, 0.25) is 11.8 Å². The number of nitrogens with zero attached hydrogens (tertiary/aromatic N) is 1. The van der Waals surface area contributed by atoms with Crippen molar-refractivity contribution in [3.63, 3.8) is 0 Å². The summed E-state index contributed by atoms with van der Waals surface area (Å²) in [4.78, 5) is 25.5. The lowest BCUT2D eigenvalue weighted by Gasteiger charge is -2.39. The van der Waals surface area contributed by atoms with E-state index >= 15 is 0 Å². The van der Waals surface area contributed by atoms with Gasteiger partial charge in [-0.25, -0.2) is 0 Å². The molecule has 0 saturated carbocycles. The number of carbonyl (C=O) groups is 2. The highest BCUT2D eigenvalue weighted by molar-refractivity contribution is 5.80. The van der Waals surface area contributed by atoms with Gasteiger partial charge in [0.1, 0.15) is 0 Å². The molecule has 0 bridgehead atoms. The van der Waals surface area contributed by atoms with E-state index in [1.807, 2.05) is 18.7 Å². The highest BCUT2D eigenvalue weighted by Crippen LogP contribution is 2.19. The summed E-state index contributed by atoms with van der Waals surface area (Å²) < 4.78 is 0. The van der Waals surface area contributed by atoms with Gasteiger partial charge in [-0.3, -0.25) is 9.59 Å². The minimum atomic E-state index is -0.267. The third-order valence-electron chi connectivity index (χ3n) is 4.32. The van der Waals surface area contributed by atoms with Gasteiger partial charge in [-0.1, -0.05) is 40.5 Å². The fourth-order valence-electron chi connectivity index (χ4n) is 2.93. The lowest BCUT2D eigenvalue weighted by atomic mass is 9.91. The van der Waals surface area contributed by atoms with Crippen LogP contribution in [0.4, 0.5) is 0 Å². The van der Waals surface area contributed by atoms with Crippen LogP contribution < -0.4 is 11.1 Å². The van der Waals surface area contributed by atoms with E-state index in [0.29, 0.717) is 5.92 Å². The minimum Gasteiger partial charge on any atom is -0.368 e. The average Bonchev–Trinajstić information content (AvgIpc) is 2.43. The number of amides is 2. The Morgan fingerprint density at radius 2 is 2.05 bits per heavy atom. The quantitative estimate of drug-likeness (QED) is 0.748. The van der Waals surface area contributed by atoms with Gasteiger partial charge >= 0.3 is 0 Å². The number of nitrogens with one attached hydrogen (secondary N) is 1. The monoisotopic (exact) mass is 297 g/mol. The summed E-state index contributed by atoms with van der Waals surface area (Å²) in [5.74, 6) is 0.337. The number of hydrogen-bond acceptors (Lipinski definition) is 3. The lowest BCUT2D eigenvalue weighted by molar-refractivity contribution is -0.136. The van der Waals surface area contributed by atoms with Crippen LogP contribution >= 0.6 is 0 Å². The summed E-state index contributed by atoms with van der Waals surface area (Å²) in [6.07, 6.45) is 3.74. The van der Waals surface area contributed by atoms with E-state index in [2.05, 4.69) is 19.2 Å². The van der Waals surface area contributed by atoms with Crippen LogP contribution in [0.15, 0.2) is 0 Å². The first-order valence-corrected chi connectivity index (χ1v) is 8.20. The Morgan fingerprint density at radius 1 is 1.38 bits per heavy atom. The molecular weight excluding hydrogens is 266 g/mol. The Balaban J connectivity index is 2.54. The van der Waals surface area contributed by atoms with E-state index in [9.17, 15) is 9.59 Å². The minimum absolute atomic E-state index is 0.0460. The molecule has 21 heavy (non-hydrogen) atoms. The van der Waals surface area contributed by atoms with Crippen molar-refractivity contribution < 1.29 is 9.59 Å². The van der Waals surface area contributed by atoms with Crippen molar-refractivity contribution in [1.82, 2.24) is 10.2 Å². The van der Waals surface area contributed by atoms with Gasteiger partial charge in [0.05, 0.1) is 6.04 Å². The number of nitrogens with two attached hydrogens (primary N) is 1. The van der Waals surface area contributed by atoms with Gasteiger partial charge in [0.25, 0.3) is 0 Å². The first-order valence-electron chi connectivity index (χ1n) is 8.20. The average molecular weight is 297 g/mol. The van der Waals surface area contributed by atoms with Crippen molar-refractivity contribution in [2.45, 2.75) is 65.5 Å². The summed E-state index contributed by atoms with van der Waals surface area (Å²) >= 11 is 0. The molecule has 1 rings (SSSR count). The summed E-state index contributed by atoms with van der Waals surface area (Å²) in [5.41, 5.74) is 5.49. The second-order valence-electron chi connectivity index (χ2n) is 6.58. The fourth-order valence-corrected chi connectivity index (χ4v) is 2.93. The molecule has 0 radical (unpaired) electrons. The van der Waals surface area contributed by atoms with Crippen LogP contribution in [-0.2, 0) is 9.59 Å². The SMILES string of the molecule is CCCC[C@H](N[C@@H]1CCN(C(=O)C(C)C)C[C@@H]1C)C(N)=O.